The van der Waals surface area contributed by atoms with Gasteiger partial charge in [-0.15, -0.1) is 0 Å². The summed E-state index contributed by atoms with van der Waals surface area (Å²) in [5, 5.41) is 6.16. The molecular weight excluding hydrogens is 256 g/mol. The van der Waals surface area contributed by atoms with Crippen LogP contribution in [-0.2, 0) is 0 Å². The molecule has 3 aromatic carbocycles. The Morgan fingerprint density at radius 3 is 2.33 bits per heavy atom. The van der Waals surface area contributed by atoms with Gasteiger partial charge in [-0.05, 0) is 17.5 Å². The number of aromatic nitrogens is 2. The quantitative estimate of drug-likeness (QED) is 0.392. The van der Waals surface area contributed by atoms with Gasteiger partial charge in [-0.2, -0.15) is 0 Å². The molecule has 5 aromatic rings. The van der Waals surface area contributed by atoms with Crippen LogP contribution in [0.3, 0.4) is 0 Å². The van der Waals surface area contributed by atoms with E-state index in [1.54, 1.807) is 0 Å². The zero-order valence-electron chi connectivity index (χ0n) is 11.3. The van der Waals surface area contributed by atoms with E-state index in [2.05, 4.69) is 64.6 Å². The van der Waals surface area contributed by atoms with E-state index in [0.29, 0.717) is 0 Å². The number of fused-ring (bicyclic) bond motifs is 7. The summed E-state index contributed by atoms with van der Waals surface area (Å²) in [5.41, 5.74) is 3.39. The first-order valence-corrected chi connectivity index (χ1v) is 7.09. The molecule has 0 atom stereocenters. The Kier molecular flexibility index (Phi) is 1.98. The molecule has 1 N–H and O–H groups in total. The largest absolute Gasteiger partial charge is 0.354 e. The Labute approximate surface area is 121 Å². The van der Waals surface area contributed by atoms with Crippen LogP contribution in [0.5, 0.6) is 0 Å². The lowest BCUT2D eigenvalue weighted by Crippen LogP contribution is -1.82. The van der Waals surface area contributed by atoms with Gasteiger partial charge < -0.3 is 4.98 Å². The topological polar surface area (TPSA) is 28.7 Å². The average Bonchev–Trinajstić information content (AvgIpc) is 2.93. The Hall–Kier alpha value is -2.87. The number of benzene rings is 3. The van der Waals surface area contributed by atoms with E-state index in [0.717, 1.165) is 5.52 Å². The van der Waals surface area contributed by atoms with E-state index >= 15 is 0 Å². The molecule has 0 aliphatic rings. The Morgan fingerprint density at radius 2 is 1.38 bits per heavy atom. The molecule has 0 bridgehead atoms. The summed E-state index contributed by atoms with van der Waals surface area (Å²) in [6.07, 6.45) is 1.98. The molecule has 0 radical (unpaired) electrons. The van der Waals surface area contributed by atoms with E-state index in [-0.39, 0.29) is 0 Å². The van der Waals surface area contributed by atoms with Gasteiger partial charge in [-0.25, -0.2) is 0 Å². The fourth-order valence-corrected chi connectivity index (χ4v) is 3.26. The molecule has 2 heterocycles. The molecule has 0 saturated heterocycles. The third-order valence-corrected chi connectivity index (χ3v) is 4.25. The number of rotatable bonds is 0. The van der Waals surface area contributed by atoms with Crippen molar-refractivity contribution in [1.82, 2.24) is 9.97 Å². The molecule has 21 heavy (non-hydrogen) atoms. The summed E-state index contributed by atoms with van der Waals surface area (Å²) in [6.45, 7) is 0. The van der Waals surface area contributed by atoms with E-state index < -0.39 is 0 Å². The number of H-pyrrole nitrogens is 1. The molecule has 2 nitrogen and oxygen atoms in total. The maximum Gasteiger partial charge on any atom is 0.0708 e. The van der Waals surface area contributed by atoms with Crippen molar-refractivity contribution in [3.8, 4) is 0 Å². The van der Waals surface area contributed by atoms with Gasteiger partial charge in [0.1, 0.15) is 0 Å². The molecule has 0 unspecified atom stereocenters. The molecule has 0 fully saturated rings. The van der Waals surface area contributed by atoms with Gasteiger partial charge in [-0.3, -0.25) is 4.98 Å². The predicted molar refractivity (Wildman–Crippen MR) is 88.6 cm³/mol. The van der Waals surface area contributed by atoms with Gasteiger partial charge in [0.15, 0.2) is 0 Å². The molecule has 2 aromatic heterocycles. The van der Waals surface area contributed by atoms with Crippen molar-refractivity contribution >= 4 is 43.5 Å². The minimum atomic E-state index is 1.04. The summed E-state index contributed by atoms with van der Waals surface area (Å²) in [4.78, 5) is 8.16. The normalized spacial score (nSPS) is 11.8. The molecule has 98 valence electrons. The van der Waals surface area contributed by atoms with Crippen molar-refractivity contribution < 1.29 is 0 Å². The highest BCUT2D eigenvalue weighted by atomic mass is 14.7. The third-order valence-electron chi connectivity index (χ3n) is 4.25. The van der Waals surface area contributed by atoms with Crippen molar-refractivity contribution in [2.45, 2.75) is 0 Å². The van der Waals surface area contributed by atoms with Crippen molar-refractivity contribution in [2.24, 2.45) is 0 Å². The number of hydrogen-bond acceptors (Lipinski definition) is 1. The molecule has 0 aliphatic heterocycles. The summed E-state index contributed by atoms with van der Waals surface area (Å²) < 4.78 is 0. The van der Waals surface area contributed by atoms with Gasteiger partial charge in [-0.1, -0.05) is 48.5 Å². The van der Waals surface area contributed by atoms with Gasteiger partial charge in [0, 0.05) is 33.3 Å². The Morgan fingerprint density at radius 1 is 0.619 bits per heavy atom. The zero-order valence-corrected chi connectivity index (χ0v) is 11.3. The highest BCUT2D eigenvalue weighted by molar-refractivity contribution is 6.20. The van der Waals surface area contributed by atoms with Crippen LogP contribution in [0, 0.1) is 0 Å². The fourth-order valence-electron chi connectivity index (χ4n) is 3.26. The van der Waals surface area contributed by atoms with Crippen LogP contribution in [0.4, 0.5) is 0 Å². The summed E-state index contributed by atoms with van der Waals surface area (Å²) in [5.74, 6) is 0. The summed E-state index contributed by atoms with van der Waals surface area (Å²) in [6, 6.07) is 21.1. The van der Waals surface area contributed by atoms with Crippen LogP contribution in [0.15, 0.2) is 66.9 Å². The lowest BCUT2D eigenvalue weighted by Gasteiger charge is -2.04. The van der Waals surface area contributed by atoms with Gasteiger partial charge in [0.2, 0.25) is 0 Å². The average molecular weight is 268 g/mol. The van der Waals surface area contributed by atoms with Crippen molar-refractivity contribution in [3.05, 3.63) is 66.9 Å². The lowest BCUT2D eigenvalue weighted by molar-refractivity contribution is 1.44. The number of pyridine rings is 1. The molecule has 0 amide bonds. The van der Waals surface area contributed by atoms with Crippen molar-refractivity contribution in [3.63, 3.8) is 0 Å². The maximum absolute atomic E-state index is 4.61. The van der Waals surface area contributed by atoms with E-state index in [4.69, 9.17) is 0 Å². The minimum absolute atomic E-state index is 1.04. The third kappa shape index (κ3) is 1.39. The SMILES string of the molecule is c1ccc2c(c1)ncc1c2ccc2c3ccccc3[nH]c21. The van der Waals surface area contributed by atoms with E-state index in [1.807, 2.05) is 12.3 Å². The standard InChI is InChI=1S/C19H12N2/c1-3-7-17-13(5-1)12-9-10-15-14-6-2-4-8-18(14)21-19(15)16(12)11-20-17/h1-11,21H. The highest BCUT2D eigenvalue weighted by Crippen LogP contribution is 2.33. The summed E-state index contributed by atoms with van der Waals surface area (Å²) >= 11 is 0. The number of nitrogens with zero attached hydrogens (tertiary/aromatic N) is 1. The fraction of sp³-hybridized carbons (Fsp3) is 0. The minimum Gasteiger partial charge on any atom is -0.354 e. The lowest BCUT2D eigenvalue weighted by atomic mass is 10.0. The van der Waals surface area contributed by atoms with Crippen LogP contribution in [0.2, 0.25) is 0 Å². The van der Waals surface area contributed by atoms with E-state index in [1.165, 1.54) is 38.0 Å². The van der Waals surface area contributed by atoms with E-state index in [9.17, 15) is 0 Å². The predicted octanol–water partition coefficient (Wildman–Crippen LogP) is 5.02. The van der Waals surface area contributed by atoms with Gasteiger partial charge in [0.05, 0.1) is 11.0 Å². The molecule has 0 spiro atoms. The molecule has 0 saturated carbocycles. The maximum atomic E-state index is 4.61. The Balaban J connectivity index is 2.07. The molecular formula is C19H12N2. The molecule has 0 aliphatic carbocycles. The van der Waals surface area contributed by atoms with Crippen LogP contribution >= 0.6 is 0 Å². The zero-order chi connectivity index (χ0) is 13.8. The van der Waals surface area contributed by atoms with Crippen molar-refractivity contribution in [2.75, 3.05) is 0 Å². The second-order valence-corrected chi connectivity index (χ2v) is 5.40. The highest BCUT2D eigenvalue weighted by Gasteiger charge is 2.09. The number of aromatic amines is 1. The Bertz CT molecular complexity index is 1140. The van der Waals surface area contributed by atoms with Crippen LogP contribution < -0.4 is 0 Å². The molecule has 5 rings (SSSR count). The number of nitrogens with one attached hydrogen (secondary N) is 1. The van der Waals surface area contributed by atoms with Crippen LogP contribution in [0.25, 0.3) is 43.5 Å². The second-order valence-electron chi connectivity index (χ2n) is 5.40. The number of para-hydroxylation sites is 2. The monoisotopic (exact) mass is 268 g/mol. The smallest absolute Gasteiger partial charge is 0.0708 e. The second kappa shape index (κ2) is 3.83. The van der Waals surface area contributed by atoms with Crippen LogP contribution in [0.1, 0.15) is 0 Å². The summed E-state index contributed by atoms with van der Waals surface area (Å²) in [7, 11) is 0. The first-order valence-electron chi connectivity index (χ1n) is 7.09. The number of hydrogen-bond donors (Lipinski definition) is 1. The first kappa shape index (κ1) is 10.9. The van der Waals surface area contributed by atoms with Gasteiger partial charge >= 0.3 is 0 Å². The molecule has 2 heteroatoms. The van der Waals surface area contributed by atoms with Gasteiger partial charge in [0.25, 0.3) is 0 Å². The van der Waals surface area contributed by atoms with Crippen LogP contribution in [-0.4, -0.2) is 9.97 Å². The first-order chi connectivity index (χ1) is 10.4. The van der Waals surface area contributed by atoms with Crippen molar-refractivity contribution in [1.29, 1.82) is 0 Å².